The van der Waals surface area contributed by atoms with E-state index in [1.54, 1.807) is 12.1 Å². The highest BCUT2D eigenvalue weighted by molar-refractivity contribution is 5.92. The molecule has 2 rings (SSSR count). The lowest BCUT2D eigenvalue weighted by atomic mass is 10.3. The lowest BCUT2D eigenvalue weighted by Crippen LogP contribution is -2.34. The quantitative estimate of drug-likeness (QED) is 0.916. The Morgan fingerprint density at radius 2 is 2.00 bits per heavy atom. The summed E-state index contributed by atoms with van der Waals surface area (Å²) in [6.07, 6.45) is 1.38. The molecule has 0 aliphatic heterocycles. The third kappa shape index (κ3) is 2.85. The number of pyridine rings is 1. The van der Waals surface area contributed by atoms with Crippen LogP contribution in [0.1, 0.15) is 0 Å². The van der Waals surface area contributed by atoms with E-state index in [0.717, 1.165) is 0 Å². The van der Waals surface area contributed by atoms with Crippen molar-refractivity contribution < 1.29 is 9.18 Å². The summed E-state index contributed by atoms with van der Waals surface area (Å²) in [7, 11) is 1.46. The fraction of sp³-hybridized carbons (Fsp3) is 0.143. The number of anilines is 2. The van der Waals surface area contributed by atoms with Crippen molar-refractivity contribution >= 4 is 17.3 Å². The second-order valence-electron chi connectivity index (χ2n) is 4.33. The number of hydrogen-bond donors (Lipinski definition) is 1. The molecule has 0 saturated carbocycles. The average molecular weight is 275 g/mol. The number of nitrogens with zero attached hydrogens (tertiary/aromatic N) is 2. The number of carbonyl (C=O) groups excluding carboxylic acids is 1. The van der Waals surface area contributed by atoms with Gasteiger partial charge in [0.2, 0.25) is 5.91 Å². The number of para-hydroxylation sites is 1. The zero-order chi connectivity index (χ0) is 14.7. The SMILES string of the molecule is CN(C(=O)Cn1cc(N)ccc1=O)c1ccccc1F. The molecule has 0 aliphatic rings. The number of likely N-dealkylation sites (N-methyl/N-ethyl adjacent to an activating group) is 1. The van der Waals surface area contributed by atoms with Crippen LogP contribution in [0.3, 0.4) is 0 Å². The highest BCUT2D eigenvalue weighted by Gasteiger charge is 2.15. The molecule has 1 aromatic carbocycles. The summed E-state index contributed by atoms with van der Waals surface area (Å²) >= 11 is 0. The van der Waals surface area contributed by atoms with Crippen molar-refractivity contribution in [2.75, 3.05) is 17.7 Å². The molecule has 5 nitrogen and oxygen atoms in total. The van der Waals surface area contributed by atoms with E-state index in [4.69, 9.17) is 5.73 Å². The molecule has 0 bridgehead atoms. The molecule has 1 amide bonds. The van der Waals surface area contributed by atoms with Crippen molar-refractivity contribution in [2.24, 2.45) is 0 Å². The van der Waals surface area contributed by atoms with E-state index in [1.807, 2.05) is 0 Å². The van der Waals surface area contributed by atoms with Crippen LogP contribution in [0.5, 0.6) is 0 Å². The maximum absolute atomic E-state index is 13.6. The normalized spacial score (nSPS) is 10.3. The van der Waals surface area contributed by atoms with Crippen molar-refractivity contribution in [3.8, 4) is 0 Å². The molecule has 2 aromatic rings. The van der Waals surface area contributed by atoms with Crippen molar-refractivity contribution in [2.45, 2.75) is 6.54 Å². The minimum Gasteiger partial charge on any atom is -0.398 e. The van der Waals surface area contributed by atoms with Crippen molar-refractivity contribution in [1.29, 1.82) is 0 Å². The largest absolute Gasteiger partial charge is 0.398 e. The zero-order valence-corrected chi connectivity index (χ0v) is 10.9. The van der Waals surface area contributed by atoms with Gasteiger partial charge in [-0.2, -0.15) is 0 Å². The van der Waals surface area contributed by atoms with Gasteiger partial charge in [0, 0.05) is 25.0 Å². The number of aromatic nitrogens is 1. The van der Waals surface area contributed by atoms with Gasteiger partial charge in [0.15, 0.2) is 0 Å². The molecule has 104 valence electrons. The molecule has 0 atom stereocenters. The van der Waals surface area contributed by atoms with Gasteiger partial charge in [0.25, 0.3) is 5.56 Å². The van der Waals surface area contributed by atoms with Gasteiger partial charge in [-0.1, -0.05) is 12.1 Å². The number of hydrogen-bond acceptors (Lipinski definition) is 3. The van der Waals surface area contributed by atoms with E-state index in [1.165, 1.54) is 47.0 Å². The average Bonchev–Trinajstić information content (AvgIpc) is 2.42. The predicted molar refractivity (Wildman–Crippen MR) is 74.9 cm³/mol. The molecule has 6 heteroatoms. The number of nitrogens with two attached hydrogens (primary N) is 1. The van der Waals surface area contributed by atoms with Crippen LogP contribution in [0.4, 0.5) is 15.8 Å². The molecule has 1 aromatic heterocycles. The van der Waals surface area contributed by atoms with Crippen molar-refractivity contribution in [3.05, 3.63) is 58.8 Å². The molecule has 1 heterocycles. The summed E-state index contributed by atoms with van der Waals surface area (Å²) in [5, 5.41) is 0. The fourth-order valence-electron chi connectivity index (χ4n) is 1.78. The van der Waals surface area contributed by atoms with Crippen LogP contribution < -0.4 is 16.2 Å². The van der Waals surface area contributed by atoms with Gasteiger partial charge < -0.3 is 15.2 Å². The lowest BCUT2D eigenvalue weighted by Gasteiger charge is -2.18. The number of nitrogen functional groups attached to an aromatic ring is 1. The molecule has 0 fully saturated rings. The van der Waals surface area contributed by atoms with E-state index in [9.17, 15) is 14.0 Å². The van der Waals surface area contributed by atoms with Gasteiger partial charge in [0.05, 0.1) is 5.69 Å². The van der Waals surface area contributed by atoms with Gasteiger partial charge in [-0.15, -0.1) is 0 Å². The highest BCUT2D eigenvalue weighted by Crippen LogP contribution is 2.17. The Kier molecular flexibility index (Phi) is 3.84. The van der Waals surface area contributed by atoms with Crippen LogP contribution in [-0.4, -0.2) is 17.5 Å². The molecule has 0 radical (unpaired) electrons. The number of carbonyl (C=O) groups is 1. The van der Waals surface area contributed by atoms with Crippen LogP contribution in [0.25, 0.3) is 0 Å². The third-order valence-corrected chi connectivity index (χ3v) is 2.90. The van der Waals surface area contributed by atoms with E-state index < -0.39 is 11.7 Å². The molecular weight excluding hydrogens is 261 g/mol. The van der Waals surface area contributed by atoms with E-state index in [-0.39, 0.29) is 17.8 Å². The van der Waals surface area contributed by atoms with Gasteiger partial charge in [-0.3, -0.25) is 9.59 Å². The van der Waals surface area contributed by atoms with E-state index in [0.29, 0.717) is 5.69 Å². The molecule has 0 unspecified atom stereocenters. The molecule has 0 saturated heterocycles. The van der Waals surface area contributed by atoms with Crippen LogP contribution in [-0.2, 0) is 11.3 Å². The first-order valence-corrected chi connectivity index (χ1v) is 5.96. The van der Waals surface area contributed by atoms with Crippen LogP contribution in [0.15, 0.2) is 47.4 Å². The Morgan fingerprint density at radius 1 is 1.30 bits per heavy atom. The molecule has 2 N–H and O–H groups in total. The summed E-state index contributed by atoms with van der Waals surface area (Å²) in [5.74, 6) is -0.911. The van der Waals surface area contributed by atoms with Crippen LogP contribution >= 0.6 is 0 Å². The Hall–Kier alpha value is -2.63. The monoisotopic (exact) mass is 275 g/mol. The van der Waals surface area contributed by atoms with Crippen molar-refractivity contribution in [1.82, 2.24) is 4.57 Å². The summed E-state index contributed by atoms with van der Waals surface area (Å²) in [4.78, 5) is 24.9. The molecule has 0 spiro atoms. The summed E-state index contributed by atoms with van der Waals surface area (Å²) in [6.45, 7) is -0.200. The maximum Gasteiger partial charge on any atom is 0.251 e. The van der Waals surface area contributed by atoms with E-state index in [2.05, 4.69) is 0 Å². The topological polar surface area (TPSA) is 68.3 Å². The first-order chi connectivity index (χ1) is 9.49. The summed E-state index contributed by atoms with van der Waals surface area (Å²) in [5.41, 5.74) is 5.77. The molecule has 0 aliphatic carbocycles. The van der Waals surface area contributed by atoms with Crippen LogP contribution in [0.2, 0.25) is 0 Å². The Bertz CT molecular complexity index is 697. The predicted octanol–water partition coefficient (Wildman–Crippen LogP) is 1.23. The third-order valence-electron chi connectivity index (χ3n) is 2.90. The van der Waals surface area contributed by atoms with Crippen molar-refractivity contribution in [3.63, 3.8) is 0 Å². The molecular formula is C14H14FN3O2. The van der Waals surface area contributed by atoms with Gasteiger partial charge in [-0.05, 0) is 18.2 Å². The fourth-order valence-corrected chi connectivity index (χ4v) is 1.78. The lowest BCUT2D eigenvalue weighted by molar-refractivity contribution is -0.118. The maximum atomic E-state index is 13.6. The highest BCUT2D eigenvalue weighted by atomic mass is 19.1. The minimum absolute atomic E-state index is 0.162. The number of rotatable bonds is 3. The van der Waals surface area contributed by atoms with Gasteiger partial charge in [0.1, 0.15) is 12.4 Å². The first-order valence-electron chi connectivity index (χ1n) is 5.96. The summed E-state index contributed by atoms with van der Waals surface area (Å²) in [6, 6.07) is 8.69. The Balaban J connectivity index is 2.22. The molecule has 20 heavy (non-hydrogen) atoms. The number of benzene rings is 1. The van der Waals surface area contributed by atoms with Crippen LogP contribution in [0, 0.1) is 5.82 Å². The minimum atomic E-state index is -0.497. The van der Waals surface area contributed by atoms with E-state index >= 15 is 0 Å². The Labute approximate surface area is 115 Å². The number of amides is 1. The number of halogens is 1. The van der Waals surface area contributed by atoms with Gasteiger partial charge >= 0.3 is 0 Å². The Morgan fingerprint density at radius 3 is 2.70 bits per heavy atom. The standard InChI is InChI=1S/C14H14FN3O2/c1-17(12-5-3-2-4-11(12)15)14(20)9-18-8-10(16)6-7-13(18)19/h2-8H,9,16H2,1H3. The van der Waals surface area contributed by atoms with Gasteiger partial charge in [-0.25, -0.2) is 4.39 Å². The summed E-state index contributed by atoms with van der Waals surface area (Å²) < 4.78 is 14.8. The smallest absolute Gasteiger partial charge is 0.251 e. The first kappa shape index (κ1) is 13.8. The second kappa shape index (κ2) is 5.56. The second-order valence-corrected chi connectivity index (χ2v) is 4.33. The zero-order valence-electron chi connectivity index (χ0n) is 10.9.